The van der Waals surface area contributed by atoms with Crippen molar-refractivity contribution < 1.29 is 9.50 Å². The van der Waals surface area contributed by atoms with Crippen LogP contribution in [-0.2, 0) is 0 Å². The fraction of sp³-hybridized carbons (Fsp3) is 0.429. The lowest BCUT2D eigenvalue weighted by Gasteiger charge is -2.04. The van der Waals surface area contributed by atoms with E-state index in [2.05, 4.69) is 9.97 Å². The van der Waals surface area contributed by atoms with Crippen molar-refractivity contribution in [1.29, 1.82) is 0 Å². The number of halogens is 1. The molecule has 0 bridgehead atoms. The summed E-state index contributed by atoms with van der Waals surface area (Å²) in [7, 11) is 0. The Morgan fingerprint density at radius 2 is 2.17 bits per heavy atom. The molecule has 1 rings (SSSR count). The molecule has 3 nitrogen and oxygen atoms in total. The maximum Gasteiger partial charge on any atom is 0.188 e. The van der Waals surface area contributed by atoms with E-state index in [0.717, 1.165) is 12.4 Å². The van der Waals surface area contributed by atoms with Gasteiger partial charge in [0, 0.05) is 5.25 Å². The highest BCUT2D eigenvalue weighted by Crippen LogP contribution is 2.17. The van der Waals surface area contributed by atoms with Crippen LogP contribution >= 0.6 is 11.8 Å². The molecule has 0 saturated heterocycles. The predicted molar refractivity (Wildman–Crippen MR) is 44.4 cm³/mol. The van der Waals surface area contributed by atoms with E-state index in [9.17, 15) is 4.39 Å². The van der Waals surface area contributed by atoms with Crippen molar-refractivity contribution in [3.8, 4) is 0 Å². The SMILES string of the molecule is CC(CO)Sc1ncc(F)cn1. The molecule has 0 aromatic carbocycles. The van der Waals surface area contributed by atoms with Crippen LogP contribution in [0.4, 0.5) is 4.39 Å². The Labute approximate surface area is 74.0 Å². The van der Waals surface area contributed by atoms with Crippen molar-refractivity contribution in [2.45, 2.75) is 17.3 Å². The summed E-state index contributed by atoms with van der Waals surface area (Å²) in [6.07, 6.45) is 2.22. The van der Waals surface area contributed by atoms with Crippen LogP contribution in [0.15, 0.2) is 17.6 Å². The Morgan fingerprint density at radius 3 is 2.67 bits per heavy atom. The topological polar surface area (TPSA) is 46.0 Å². The lowest BCUT2D eigenvalue weighted by molar-refractivity contribution is 0.300. The van der Waals surface area contributed by atoms with Crippen LogP contribution in [0.3, 0.4) is 0 Å². The molecule has 66 valence electrons. The van der Waals surface area contributed by atoms with Gasteiger partial charge in [0.05, 0.1) is 19.0 Å². The van der Waals surface area contributed by atoms with Gasteiger partial charge < -0.3 is 5.11 Å². The second-order valence-electron chi connectivity index (χ2n) is 2.29. The van der Waals surface area contributed by atoms with E-state index in [1.54, 1.807) is 0 Å². The Bertz CT molecular complexity index is 242. The summed E-state index contributed by atoms with van der Waals surface area (Å²) < 4.78 is 12.3. The van der Waals surface area contributed by atoms with Crippen molar-refractivity contribution in [1.82, 2.24) is 9.97 Å². The van der Waals surface area contributed by atoms with Crippen molar-refractivity contribution in [2.75, 3.05) is 6.61 Å². The lowest BCUT2D eigenvalue weighted by atomic mass is 10.5. The fourth-order valence-electron chi connectivity index (χ4n) is 0.579. The molecule has 1 aromatic heterocycles. The van der Waals surface area contributed by atoms with Gasteiger partial charge in [-0.25, -0.2) is 14.4 Å². The third-order valence-electron chi connectivity index (χ3n) is 1.16. The molecule has 0 fully saturated rings. The number of nitrogens with zero attached hydrogens (tertiary/aromatic N) is 2. The smallest absolute Gasteiger partial charge is 0.188 e. The minimum Gasteiger partial charge on any atom is -0.395 e. The summed E-state index contributed by atoms with van der Waals surface area (Å²) in [5, 5.41) is 9.22. The minimum absolute atomic E-state index is 0.0375. The largest absolute Gasteiger partial charge is 0.395 e. The van der Waals surface area contributed by atoms with E-state index in [4.69, 9.17) is 5.11 Å². The fourth-order valence-corrected chi connectivity index (χ4v) is 1.24. The van der Waals surface area contributed by atoms with Crippen LogP contribution in [0.25, 0.3) is 0 Å². The molecule has 1 N–H and O–H groups in total. The number of rotatable bonds is 3. The Balaban J connectivity index is 2.58. The summed E-state index contributed by atoms with van der Waals surface area (Å²) in [6, 6.07) is 0. The molecule has 1 unspecified atom stereocenters. The molecule has 0 radical (unpaired) electrons. The molecule has 0 saturated carbocycles. The number of thioether (sulfide) groups is 1. The Hall–Kier alpha value is -0.680. The number of aliphatic hydroxyl groups excluding tert-OH is 1. The zero-order valence-corrected chi connectivity index (χ0v) is 7.38. The predicted octanol–water partition coefficient (Wildman–Crippen LogP) is 1.09. The quantitative estimate of drug-likeness (QED) is 0.569. The Kier molecular flexibility index (Phi) is 3.43. The Morgan fingerprint density at radius 1 is 1.58 bits per heavy atom. The number of aliphatic hydroxyl groups is 1. The molecule has 0 spiro atoms. The van der Waals surface area contributed by atoms with Crippen LogP contribution < -0.4 is 0 Å². The van der Waals surface area contributed by atoms with Gasteiger partial charge in [-0.2, -0.15) is 0 Å². The minimum atomic E-state index is -0.448. The van der Waals surface area contributed by atoms with Gasteiger partial charge in [-0.1, -0.05) is 18.7 Å². The second kappa shape index (κ2) is 4.37. The summed E-state index contributed by atoms with van der Waals surface area (Å²) in [5.74, 6) is -0.448. The van der Waals surface area contributed by atoms with Crippen molar-refractivity contribution in [2.24, 2.45) is 0 Å². The molecule has 1 aromatic rings. The zero-order chi connectivity index (χ0) is 8.97. The van der Waals surface area contributed by atoms with Crippen LogP contribution in [0, 0.1) is 5.82 Å². The van der Waals surface area contributed by atoms with Gasteiger partial charge in [0.1, 0.15) is 0 Å². The first-order valence-corrected chi connectivity index (χ1v) is 4.35. The highest BCUT2D eigenvalue weighted by atomic mass is 32.2. The molecule has 1 heterocycles. The third kappa shape index (κ3) is 2.75. The lowest BCUT2D eigenvalue weighted by Crippen LogP contribution is -2.03. The van der Waals surface area contributed by atoms with E-state index >= 15 is 0 Å². The molecule has 0 amide bonds. The van der Waals surface area contributed by atoms with Crippen molar-refractivity contribution in [3.05, 3.63) is 18.2 Å². The first-order chi connectivity index (χ1) is 5.72. The van der Waals surface area contributed by atoms with Crippen LogP contribution in [0.5, 0.6) is 0 Å². The highest BCUT2D eigenvalue weighted by Gasteiger charge is 2.04. The number of hydrogen-bond donors (Lipinski definition) is 1. The molecule has 0 aliphatic heterocycles. The molecule has 1 atom stereocenters. The van der Waals surface area contributed by atoms with E-state index < -0.39 is 5.82 Å². The van der Waals surface area contributed by atoms with E-state index in [1.165, 1.54) is 11.8 Å². The van der Waals surface area contributed by atoms with Gasteiger partial charge >= 0.3 is 0 Å². The van der Waals surface area contributed by atoms with Crippen molar-refractivity contribution >= 4 is 11.8 Å². The van der Waals surface area contributed by atoms with E-state index in [-0.39, 0.29) is 11.9 Å². The van der Waals surface area contributed by atoms with E-state index in [1.807, 2.05) is 6.92 Å². The first kappa shape index (κ1) is 9.41. The number of aromatic nitrogens is 2. The molecular formula is C7H9FN2OS. The average Bonchev–Trinajstić information content (AvgIpc) is 2.09. The van der Waals surface area contributed by atoms with Gasteiger partial charge in [-0.3, -0.25) is 0 Å². The first-order valence-electron chi connectivity index (χ1n) is 3.47. The molecule has 5 heteroatoms. The summed E-state index contributed by atoms with van der Waals surface area (Å²) in [4.78, 5) is 7.46. The van der Waals surface area contributed by atoms with Crippen LogP contribution in [0.1, 0.15) is 6.92 Å². The highest BCUT2D eigenvalue weighted by molar-refractivity contribution is 7.99. The average molecular weight is 188 g/mol. The van der Waals surface area contributed by atoms with Gasteiger partial charge in [-0.05, 0) is 0 Å². The summed E-state index contributed by atoms with van der Waals surface area (Å²) >= 11 is 1.31. The zero-order valence-electron chi connectivity index (χ0n) is 6.57. The maximum absolute atomic E-state index is 12.3. The summed E-state index contributed by atoms with van der Waals surface area (Å²) in [6.45, 7) is 1.91. The van der Waals surface area contributed by atoms with E-state index in [0.29, 0.717) is 5.16 Å². The molecule has 12 heavy (non-hydrogen) atoms. The van der Waals surface area contributed by atoms with Crippen molar-refractivity contribution in [3.63, 3.8) is 0 Å². The monoisotopic (exact) mass is 188 g/mol. The second-order valence-corrected chi connectivity index (χ2v) is 3.70. The van der Waals surface area contributed by atoms with Gasteiger partial charge in [0.25, 0.3) is 0 Å². The normalized spacial score (nSPS) is 12.9. The third-order valence-corrected chi connectivity index (χ3v) is 2.13. The standard InChI is InChI=1S/C7H9FN2OS/c1-5(4-11)12-7-9-2-6(8)3-10-7/h2-3,5,11H,4H2,1H3. The van der Waals surface area contributed by atoms with Crippen LogP contribution in [-0.4, -0.2) is 26.9 Å². The molecule has 0 aliphatic rings. The van der Waals surface area contributed by atoms with Gasteiger partial charge in [-0.15, -0.1) is 0 Å². The maximum atomic E-state index is 12.3. The molecule has 0 aliphatic carbocycles. The molecular weight excluding hydrogens is 179 g/mol. The number of hydrogen-bond acceptors (Lipinski definition) is 4. The summed E-state index contributed by atoms with van der Waals surface area (Å²) in [5.41, 5.74) is 0. The van der Waals surface area contributed by atoms with Crippen LogP contribution in [0.2, 0.25) is 0 Å². The van der Waals surface area contributed by atoms with Gasteiger partial charge in [0.15, 0.2) is 11.0 Å². The van der Waals surface area contributed by atoms with Gasteiger partial charge in [0.2, 0.25) is 0 Å².